The zero-order valence-electron chi connectivity index (χ0n) is 11.4. The number of nitrogens with zero attached hydrogens (tertiary/aromatic N) is 2. The molecule has 0 fully saturated rings. The number of aliphatic hydroxyl groups excluding tert-OH is 1. The van der Waals surface area contributed by atoms with Crippen molar-refractivity contribution in [1.82, 2.24) is 15.1 Å². The van der Waals surface area contributed by atoms with Gasteiger partial charge in [0.1, 0.15) is 11.0 Å². The van der Waals surface area contributed by atoms with Crippen LogP contribution >= 0.6 is 11.6 Å². The third-order valence-electron chi connectivity index (χ3n) is 2.94. The molecule has 2 rings (SSSR count). The van der Waals surface area contributed by atoms with Crippen LogP contribution in [0, 0.1) is 12.7 Å². The van der Waals surface area contributed by atoms with E-state index in [1.54, 1.807) is 19.1 Å². The van der Waals surface area contributed by atoms with Crippen molar-refractivity contribution in [1.29, 1.82) is 0 Å². The van der Waals surface area contributed by atoms with E-state index in [0.29, 0.717) is 12.2 Å². The van der Waals surface area contributed by atoms with Crippen LogP contribution in [0.4, 0.5) is 4.39 Å². The van der Waals surface area contributed by atoms with Gasteiger partial charge < -0.3 is 10.4 Å². The van der Waals surface area contributed by atoms with Gasteiger partial charge in [-0.1, -0.05) is 23.7 Å². The third kappa shape index (κ3) is 3.59. The van der Waals surface area contributed by atoms with Crippen molar-refractivity contribution < 1.29 is 14.3 Å². The summed E-state index contributed by atoms with van der Waals surface area (Å²) in [5.41, 5.74) is 1.60. The van der Waals surface area contributed by atoms with Gasteiger partial charge >= 0.3 is 0 Å². The monoisotopic (exact) mass is 311 g/mol. The third-order valence-corrected chi connectivity index (χ3v) is 3.32. The molecule has 2 N–H and O–H groups in total. The molecule has 0 unspecified atom stereocenters. The number of aromatic nitrogens is 2. The van der Waals surface area contributed by atoms with Crippen LogP contribution < -0.4 is 5.32 Å². The Hall–Kier alpha value is -1.92. The van der Waals surface area contributed by atoms with Crippen LogP contribution in [0.1, 0.15) is 21.6 Å². The topological polar surface area (TPSA) is 67.2 Å². The summed E-state index contributed by atoms with van der Waals surface area (Å²) in [5.74, 6) is -0.692. The second-order valence-corrected chi connectivity index (χ2v) is 4.87. The first kappa shape index (κ1) is 15.5. The molecule has 0 aliphatic carbocycles. The fourth-order valence-corrected chi connectivity index (χ4v) is 2.26. The number of nitrogens with one attached hydrogen (secondary N) is 1. The number of hydrogen-bond donors (Lipinski definition) is 2. The van der Waals surface area contributed by atoms with Crippen molar-refractivity contribution in [2.45, 2.75) is 13.5 Å². The highest BCUT2D eigenvalue weighted by Crippen LogP contribution is 2.21. The van der Waals surface area contributed by atoms with Crippen molar-refractivity contribution in [2.24, 2.45) is 0 Å². The Kier molecular flexibility index (Phi) is 4.93. The molecule has 0 atom stereocenters. The van der Waals surface area contributed by atoms with Crippen LogP contribution in [0.5, 0.6) is 0 Å². The quantitative estimate of drug-likeness (QED) is 0.884. The average molecular weight is 312 g/mol. The number of benzene rings is 1. The molecular formula is C14H15ClFN3O2. The van der Waals surface area contributed by atoms with E-state index in [1.807, 2.05) is 0 Å². The number of aryl methyl sites for hydroxylation is 1. The fourth-order valence-electron chi connectivity index (χ4n) is 1.94. The van der Waals surface area contributed by atoms with Gasteiger partial charge in [0.15, 0.2) is 0 Å². The Morgan fingerprint density at radius 3 is 2.71 bits per heavy atom. The number of amides is 1. The second kappa shape index (κ2) is 6.69. The van der Waals surface area contributed by atoms with Crippen molar-refractivity contribution in [3.8, 4) is 0 Å². The molecule has 0 bridgehead atoms. The van der Waals surface area contributed by atoms with E-state index in [0.717, 1.165) is 5.56 Å². The average Bonchev–Trinajstić information content (AvgIpc) is 2.73. The maximum Gasteiger partial charge on any atom is 0.256 e. The maximum absolute atomic E-state index is 12.9. The molecule has 21 heavy (non-hydrogen) atoms. The Bertz CT molecular complexity index is 640. The first-order valence-corrected chi connectivity index (χ1v) is 6.77. The molecule has 112 valence electrons. The number of halogens is 2. The molecule has 5 nitrogen and oxygen atoms in total. The molecule has 0 aliphatic rings. The number of rotatable bonds is 5. The summed E-state index contributed by atoms with van der Waals surface area (Å²) in [4.78, 5) is 11.9. The SMILES string of the molecule is Cc1nn(Cc2ccc(F)cc2)c(Cl)c1C(=O)NCCO. The number of carbonyl (C=O) groups is 1. The lowest BCUT2D eigenvalue weighted by molar-refractivity contribution is 0.0944. The summed E-state index contributed by atoms with van der Waals surface area (Å²) in [5, 5.41) is 15.7. The lowest BCUT2D eigenvalue weighted by atomic mass is 10.2. The lowest BCUT2D eigenvalue weighted by Gasteiger charge is -2.05. The minimum absolute atomic E-state index is 0.147. The zero-order valence-corrected chi connectivity index (χ0v) is 12.2. The normalized spacial score (nSPS) is 10.7. The maximum atomic E-state index is 12.9. The van der Waals surface area contributed by atoms with Gasteiger partial charge in [0.05, 0.1) is 24.4 Å². The van der Waals surface area contributed by atoms with Gasteiger partial charge in [0, 0.05) is 6.54 Å². The van der Waals surface area contributed by atoms with Gasteiger partial charge in [0.2, 0.25) is 0 Å². The molecule has 1 amide bonds. The van der Waals surface area contributed by atoms with E-state index in [9.17, 15) is 9.18 Å². The molecule has 1 aromatic heterocycles. The van der Waals surface area contributed by atoms with Crippen LogP contribution in [0.25, 0.3) is 0 Å². The van der Waals surface area contributed by atoms with E-state index >= 15 is 0 Å². The van der Waals surface area contributed by atoms with Gasteiger partial charge in [-0.2, -0.15) is 5.10 Å². The Morgan fingerprint density at radius 1 is 1.43 bits per heavy atom. The molecule has 0 spiro atoms. The van der Waals surface area contributed by atoms with Crippen molar-refractivity contribution in [2.75, 3.05) is 13.2 Å². The van der Waals surface area contributed by atoms with E-state index in [2.05, 4.69) is 10.4 Å². The van der Waals surface area contributed by atoms with E-state index in [-0.39, 0.29) is 35.6 Å². The number of hydrogen-bond acceptors (Lipinski definition) is 3. The summed E-state index contributed by atoms with van der Waals surface area (Å²) in [6.07, 6.45) is 0. The first-order chi connectivity index (χ1) is 10.0. The Morgan fingerprint density at radius 2 is 2.10 bits per heavy atom. The van der Waals surface area contributed by atoms with Gasteiger partial charge in [-0.05, 0) is 24.6 Å². The lowest BCUT2D eigenvalue weighted by Crippen LogP contribution is -2.26. The standard InChI is InChI=1S/C14H15ClFN3O2/c1-9-12(14(21)17-6-7-20)13(15)19(18-9)8-10-2-4-11(16)5-3-10/h2-5,20H,6-8H2,1H3,(H,17,21). The van der Waals surface area contributed by atoms with Gasteiger partial charge in [0.25, 0.3) is 5.91 Å². The highest BCUT2D eigenvalue weighted by molar-refractivity contribution is 6.33. The summed E-state index contributed by atoms with van der Waals surface area (Å²) in [6, 6.07) is 5.98. The van der Waals surface area contributed by atoms with Crippen LogP contribution in [-0.2, 0) is 6.54 Å². The Labute approximate surface area is 126 Å². The minimum atomic E-state index is -0.378. The smallest absolute Gasteiger partial charge is 0.256 e. The fraction of sp³-hybridized carbons (Fsp3) is 0.286. The van der Waals surface area contributed by atoms with Gasteiger partial charge in [-0.25, -0.2) is 9.07 Å². The van der Waals surface area contributed by atoms with Gasteiger partial charge in [-0.3, -0.25) is 4.79 Å². The molecule has 0 saturated carbocycles. The van der Waals surface area contributed by atoms with Crippen LogP contribution in [0.3, 0.4) is 0 Å². The highest BCUT2D eigenvalue weighted by atomic mass is 35.5. The molecule has 0 aliphatic heterocycles. The van der Waals surface area contributed by atoms with E-state index in [1.165, 1.54) is 16.8 Å². The van der Waals surface area contributed by atoms with Crippen LogP contribution in [0.2, 0.25) is 5.15 Å². The van der Waals surface area contributed by atoms with Crippen LogP contribution in [-0.4, -0.2) is 33.9 Å². The zero-order chi connectivity index (χ0) is 15.4. The van der Waals surface area contributed by atoms with Crippen molar-refractivity contribution in [3.05, 3.63) is 52.1 Å². The Balaban J connectivity index is 2.22. The molecule has 1 aromatic carbocycles. The molecule has 0 radical (unpaired) electrons. The van der Waals surface area contributed by atoms with Crippen LogP contribution in [0.15, 0.2) is 24.3 Å². The predicted octanol–water partition coefficient (Wildman–Crippen LogP) is 1.75. The summed E-state index contributed by atoms with van der Waals surface area (Å²) in [6.45, 7) is 2.03. The van der Waals surface area contributed by atoms with Crippen molar-refractivity contribution >= 4 is 17.5 Å². The molecular weight excluding hydrogens is 297 g/mol. The number of carbonyl (C=O) groups excluding carboxylic acids is 1. The van der Waals surface area contributed by atoms with Crippen molar-refractivity contribution in [3.63, 3.8) is 0 Å². The summed E-state index contributed by atoms with van der Waals surface area (Å²) in [7, 11) is 0. The van der Waals surface area contributed by atoms with E-state index in [4.69, 9.17) is 16.7 Å². The molecule has 1 heterocycles. The van der Waals surface area contributed by atoms with Gasteiger partial charge in [-0.15, -0.1) is 0 Å². The highest BCUT2D eigenvalue weighted by Gasteiger charge is 2.19. The largest absolute Gasteiger partial charge is 0.395 e. The van der Waals surface area contributed by atoms with E-state index < -0.39 is 0 Å². The first-order valence-electron chi connectivity index (χ1n) is 6.39. The number of aliphatic hydroxyl groups is 1. The molecule has 7 heteroatoms. The minimum Gasteiger partial charge on any atom is -0.395 e. The summed E-state index contributed by atoms with van der Waals surface area (Å²) < 4.78 is 14.4. The second-order valence-electron chi connectivity index (χ2n) is 4.51. The molecule has 0 saturated heterocycles. The predicted molar refractivity (Wildman–Crippen MR) is 76.9 cm³/mol. The molecule has 2 aromatic rings. The summed E-state index contributed by atoms with van der Waals surface area (Å²) >= 11 is 6.19.